The number of benzene rings is 7. The number of hydrogen-bond acceptors (Lipinski definition) is 6. The Morgan fingerprint density at radius 1 is 0.367 bits per heavy atom. The smallest absolute Gasteiger partial charge is 0.118 e. The Labute approximate surface area is 353 Å². The average Bonchev–Trinajstić information content (AvgIpc) is 3.22. The lowest BCUT2D eigenvalue weighted by Gasteiger charge is -2.42. The van der Waals surface area contributed by atoms with Gasteiger partial charge in [0, 0.05) is 0 Å². The van der Waals surface area contributed by atoms with Crippen LogP contribution in [0.15, 0.2) is 109 Å². The highest BCUT2D eigenvalue weighted by molar-refractivity contribution is 5.95. The van der Waals surface area contributed by atoms with E-state index in [1.54, 1.807) is 36.4 Å². The molecule has 7 aromatic rings. The van der Waals surface area contributed by atoms with Crippen LogP contribution in [0.2, 0.25) is 0 Å². The molecule has 0 heterocycles. The molecule has 0 radical (unpaired) electrons. The molecule has 0 aliphatic carbocycles. The van der Waals surface area contributed by atoms with Crippen LogP contribution < -0.4 is 0 Å². The molecule has 0 fully saturated rings. The van der Waals surface area contributed by atoms with E-state index in [1.165, 1.54) is 0 Å². The molecule has 0 saturated heterocycles. The maximum Gasteiger partial charge on any atom is 0.118 e. The highest BCUT2D eigenvalue weighted by Gasteiger charge is 2.44. The lowest BCUT2D eigenvalue weighted by atomic mass is 9.60. The molecule has 0 atom stereocenters. The summed E-state index contributed by atoms with van der Waals surface area (Å²) < 4.78 is 0. The molecule has 0 aliphatic rings. The molecule has 0 amide bonds. The van der Waals surface area contributed by atoms with Crippen LogP contribution in [0, 0.1) is 41.5 Å². The zero-order valence-corrected chi connectivity index (χ0v) is 35.7. The fraction of sp³-hybridized carbons (Fsp3) is 0.222. The minimum absolute atomic E-state index is 0.167. The van der Waals surface area contributed by atoms with Crippen molar-refractivity contribution < 1.29 is 30.6 Å². The van der Waals surface area contributed by atoms with Crippen molar-refractivity contribution in [1.82, 2.24) is 0 Å². The van der Waals surface area contributed by atoms with E-state index in [2.05, 4.69) is 26.0 Å². The molecule has 6 nitrogen and oxygen atoms in total. The second-order valence-electron chi connectivity index (χ2n) is 16.4. The largest absolute Gasteiger partial charge is 0.508 e. The van der Waals surface area contributed by atoms with Gasteiger partial charge in [-0.2, -0.15) is 0 Å². The van der Waals surface area contributed by atoms with Gasteiger partial charge in [-0.25, -0.2) is 0 Å². The Balaban J connectivity index is 1.86. The number of phenols is 6. The van der Waals surface area contributed by atoms with E-state index in [9.17, 15) is 30.6 Å². The van der Waals surface area contributed by atoms with Gasteiger partial charge in [0.1, 0.15) is 34.5 Å². The Kier molecular flexibility index (Phi) is 11.2. The van der Waals surface area contributed by atoms with Crippen molar-refractivity contribution in [3.8, 4) is 67.9 Å². The lowest BCUT2D eigenvalue weighted by Crippen LogP contribution is -2.35. The van der Waals surface area contributed by atoms with Crippen molar-refractivity contribution in [2.45, 2.75) is 80.1 Å². The summed E-state index contributed by atoms with van der Waals surface area (Å²) in [6, 6.07) is 34.6. The molecule has 60 heavy (non-hydrogen) atoms. The van der Waals surface area contributed by atoms with Gasteiger partial charge in [0.15, 0.2) is 0 Å². The van der Waals surface area contributed by atoms with E-state index in [0.717, 1.165) is 77.9 Å². The molecular formula is C54H54O6. The van der Waals surface area contributed by atoms with Crippen LogP contribution >= 0.6 is 0 Å². The summed E-state index contributed by atoms with van der Waals surface area (Å²) in [5, 5.41) is 65.8. The summed E-state index contributed by atoms with van der Waals surface area (Å²) in [5.74, 6) is 1.10. The predicted octanol–water partition coefficient (Wildman–Crippen LogP) is 12.5. The van der Waals surface area contributed by atoms with Crippen molar-refractivity contribution in [2.24, 2.45) is 0 Å². The molecule has 7 rings (SSSR count). The summed E-state index contributed by atoms with van der Waals surface area (Å²) in [5.41, 5.74) is 14.9. The first kappa shape index (κ1) is 41.5. The Morgan fingerprint density at radius 3 is 1.02 bits per heavy atom. The zero-order valence-electron chi connectivity index (χ0n) is 35.7. The third-order valence-electron chi connectivity index (χ3n) is 12.4. The van der Waals surface area contributed by atoms with Crippen LogP contribution in [0.3, 0.4) is 0 Å². The maximum atomic E-state index is 11.1. The Bertz CT molecular complexity index is 2660. The quantitative estimate of drug-likeness (QED) is 0.0767. The summed E-state index contributed by atoms with van der Waals surface area (Å²) in [6.07, 6.45) is 1.65. The van der Waals surface area contributed by atoms with Gasteiger partial charge in [-0.15, -0.1) is 0 Å². The van der Waals surface area contributed by atoms with Gasteiger partial charge in [-0.1, -0.05) is 68.4 Å². The van der Waals surface area contributed by atoms with Crippen LogP contribution in [0.4, 0.5) is 0 Å². The van der Waals surface area contributed by atoms with Gasteiger partial charge in [0.25, 0.3) is 0 Å². The van der Waals surface area contributed by atoms with Crippen molar-refractivity contribution in [1.29, 1.82) is 0 Å². The summed E-state index contributed by atoms with van der Waals surface area (Å²) in [6.45, 7) is 15.7. The fourth-order valence-corrected chi connectivity index (χ4v) is 9.13. The molecule has 6 heteroatoms. The Hall–Kier alpha value is -6.66. The van der Waals surface area contributed by atoms with Gasteiger partial charge in [0.2, 0.25) is 0 Å². The van der Waals surface area contributed by atoms with Crippen molar-refractivity contribution in [2.75, 3.05) is 0 Å². The van der Waals surface area contributed by atoms with Crippen LogP contribution in [0.5, 0.6) is 34.5 Å². The maximum absolute atomic E-state index is 11.1. The minimum atomic E-state index is -1.06. The van der Waals surface area contributed by atoms with Gasteiger partial charge < -0.3 is 30.6 Å². The molecule has 0 saturated carbocycles. The van der Waals surface area contributed by atoms with Gasteiger partial charge in [-0.05, 0) is 216 Å². The molecule has 306 valence electrons. The van der Waals surface area contributed by atoms with Crippen molar-refractivity contribution in [3.05, 3.63) is 176 Å². The van der Waals surface area contributed by atoms with E-state index < -0.39 is 5.41 Å². The first-order valence-electron chi connectivity index (χ1n) is 20.6. The number of phenolic OH excluding ortho intramolecular Hbond substituents is 6. The van der Waals surface area contributed by atoms with E-state index in [4.69, 9.17) is 0 Å². The summed E-state index contributed by atoms with van der Waals surface area (Å²) >= 11 is 0. The minimum Gasteiger partial charge on any atom is -0.508 e. The summed E-state index contributed by atoms with van der Waals surface area (Å²) in [7, 11) is 0. The van der Waals surface area contributed by atoms with E-state index in [1.807, 2.05) is 102 Å². The first-order valence-corrected chi connectivity index (χ1v) is 20.6. The van der Waals surface area contributed by atoms with E-state index in [-0.39, 0.29) is 34.5 Å². The highest BCUT2D eigenvalue weighted by Crippen LogP contribution is 2.56. The standard InChI is InChI=1S/C54H54O6/c1-9-42-50(37-12-18-45(56)31(4)24-37)43(10-2)52(39-14-20-47(58)33(6)26-39)53(51(42)38-13-19-46(57)32(5)25-38)54(40-15-21-48(59)34(7)27-40,41-16-22-49(60)35(8)28-41)29-36-11-17-44(55)30(3)23-36/h11-28,55-60H,9-10,29H2,1-8H3. The molecule has 0 aliphatic heterocycles. The molecule has 7 aromatic carbocycles. The average molecular weight is 799 g/mol. The predicted molar refractivity (Wildman–Crippen MR) is 243 cm³/mol. The van der Waals surface area contributed by atoms with Crippen molar-refractivity contribution in [3.63, 3.8) is 0 Å². The van der Waals surface area contributed by atoms with Crippen molar-refractivity contribution >= 4 is 0 Å². The second-order valence-corrected chi connectivity index (χ2v) is 16.4. The van der Waals surface area contributed by atoms with Gasteiger partial charge >= 0.3 is 0 Å². The molecule has 0 bridgehead atoms. The molecule has 6 N–H and O–H groups in total. The first-order chi connectivity index (χ1) is 28.6. The van der Waals surface area contributed by atoms with E-state index >= 15 is 0 Å². The zero-order chi connectivity index (χ0) is 43.2. The summed E-state index contributed by atoms with van der Waals surface area (Å²) in [4.78, 5) is 0. The molecule has 0 aromatic heterocycles. The number of rotatable bonds is 10. The number of aryl methyl sites for hydroxylation is 6. The van der Waals surface area contributed by atoms with Gasteiger partial charge in [0.05, 0.1) is 5.41 Å². The molecular weight excluding hydrogens is 745 g/mol. The van der Waals surface area contributed by atoms with Gasteiger partial charge in [-0.3, -0.25) is 0 Å². The number of aromatic hydroxyl groups is 6. The van der Waals surface area contributed by atoms with Crippen LogP contribution in [0.1, 0.15) is 80.6 Å². The number of hydrogen-bond donors (Lipinski definition) is 6. The van der Waals surface area contributed by atoms with E-state index in [0.29, 0.717) is 41.5 Å². The van der Waals surface area contributed by atoms with Crippen LogP contribution in [-0.2, 0) is 24.7 Å². The second kappa shape index (κ2) is 16.2. The van der Waals surface area contributed by atoms with Crippen LogP contribution in [-0.4, -0.2) is 30.6 Å². The fourth-order valence-electron chi connectivity index (χ4n) is 9.13. The lowest BCUT2D eigenvalue weighted by molar-refractivity contribution is 0.468. The Morgan fingerprint density at radius 2 is 0.683 bits per heavy atom. The normalized spacial score (nSPS) is 11.6. The highest BCUT2D eigenvalue weighted by atomic mass is 16.3. The van der Waals surface area contributed by atoms with Crippen LogP contribution in [0.25, 0.3) is 33.4 Å². The molecule has 0 spiro atoms. The third-order valence-corrected chi connectivity index (χ3v) is 12.4. The topological polar surface area (TPSA) is 121 Å². The molecule has 0 unspecified atom stereocenters. The SMILES string of the molecule is CCc1c(-c2ccc(O)c(C)c2)c(CC)c(-c2ccc(O)c(C)c2)c(C(Cc2ccc(O)c(C)c2)(c2ccc(O)c(C)c2)c2ccc(O)c(C)c2)c1-c1ccc(O)c(C)c1. The monoisotopic (exact) mass is 798 g/mol. The third kappa shape index (κ3) is 7.21.